The van der Waals surface area contributed by atoms with Crippen LogP contribution in [0.2, 0.25) is 0 Å². The minimum atomic E-state index is -0.0295. The molecule has 0 spiro atoms. The second-order valence-corrected chi connectivity index (χ2v) is 5.32. The number of rotatable bonds is 1. The molecule has 0 saturated carbocycles. The highest BCUT2D eigenvalue weighted by Crippen LogP contribution is 2.24. The first-order chi connectivity index (χ1) is 4.15. The average Bonchev–Trinajstić information content (AvgIpc) is 1.59. The van der Waals surface area contributed by atoms with Crippen molar-refractivity contribution < 1.29 is 0 Å². The summed E-state index contributed by atoms with van der Waals surface area (Å²) in [6.07, 6.45) is 0. The second-order valence-electron chi connectivity index (χ2n) is 4.22. The second kappa shape index (κ2) is 2.74. The summed E-state index contributed by atoms with van der Waals surface area (Å²) in [6.45, 7) is 10.8. The third-order valence-electron chi connectivity index (χ3n) is 1.83. The normalized spacial score (nSPS) is 14.4. The van der Waals surface area contributed by atoms with E-state index in [1.165, 1.54) is 0 Å². The van der Waals surface area contributed by atoms with Crippen LogP contribution in [0.4, 0.5) is 0 Å². The van der Waals surface area contributed by atoms with Crippen molar-refractivity contribution in [1.29, 1.82) is 0 Å². The third-order valence-corrected chi connectivity index (χ3v) is 2.13. The maximum Gasteiger partial charge on any atom is 0.0585 e. The van der Waals surface area contributed by atoms with Crippen molar-refractivity contribution in [3.63, 3.8) is 0 Å². The maximum atomic E-state index is 4.47. The van der Waals surface area contributed by atoms with Crippen LogP contribution in [0.25, 0.3) is 0 Å². The van der Waals surface area contributed by atoms with Gasteiger partial charge in [-0.1, -0.05) is 0 Å². The largest absolute Gasteiger partial charge is 0.288 e. The van der Waals surface area contributed by atoms with Gasteiger partial charge in [0.15, 0.2) is 0 Å². The maximum absolute atomic E-state index is 4.47. The predicted octanol–water partition coefficient (Wildman–Crippen LogP) is 2.38. The van der Waals surface area contributed by atoms with Crippen LogP contribution in [0.5, 0.6) is 0 Å². The highest BCUT2D eigenvalue weighted by molar-refractivity contribution is 7.81. The highest BCUT2D eigenvalue weighted by atomic mass is 32.1. The van der Waals surface area contributed by atoms with E-state index in [0.29, 0.717) is 0 Å². The third kappa shape index (κ3) is 2.93. The van der Waals surface area contributed by atoms with E-state index >= 15 is 0 Å². The fraction of sp³-hybridized carbons (Fsp3) is 1.00. The molecule has 0 heterocycles. The Morgan fingerprint density at radius 2 is 1.30 bits per heavy atom. The first-order valence-electron chi connectivity index (χ1n) is 3.62. The molecule has 0 amide bonds. The zero-order chi connectivity index (χ0) is 8.58. The quantitative estimate of drug-likeness (QED) is 0.456. The van der Waals surface area contributed by atoms with Crippen molar-refractivity contribution in [1.82, 2.24) is 4.90 Å². The molecule has 0 aliphatic rings. The molecular formula is C8H19NS. The van der Waals surface area contributed by atoms with Crippen LogP contribution >= 0.6 is 12.6 Å². The van der Waals surface area contributed by atoms with Gasteiger partial charge < -0.3 is 0 Å². The van der Waals surface area contributed by atoms with Crippen LogP contribution < -0.4 is 0 Å². The van der Waals surface area contributed by atoms with Crippen molar-refractivity contribution in [2.45, 2.75) is 45.0 Å². The molecule has 10 heavy (non-hydrogen) atoms. The number of hydrogen-bond acceptors (Lipinski definition) is 2. The molecule has 0 fully saturated rings. The van der Waals surface area contributed by atoms with Crippen LogP contribution in [0, 0.1) is 0 Å². The lowest BCUT2D eigenvalue weighted by atomic mass is 10.1. The van der Waals surface area contributed by atoms with Crippen molar-refractivity contribution in [2.24, 2.45) is 0 Å². The van der Waals surface area contributed by atoms with Gasteiger partial charge in [-0.2, -0.15) is 12.6 Å². The number of hydrogen-bond donors (Lipinski definition) is 1. The Hall–Kier alpha value is 0.310. The summed E-state index contributed by atoms with van der Waals surface area (Å²) in [7, 11) is 2.09. The molecule has 0 aromatic rings. The van der Waals surface area contributed by atoms with Gasteiger partial charge in [-0.25, -0.2) is 0 Å². The summed E-state index contributed by atoms with van der Waals surface area (Å²) in [5.74, 6) is 0. The minimum Gasteiger partial charge on any atom is -0.288 e. The van der Waals surface area contributed by atoms with Gasteiger partial charge in [-0.05, 0) is 41.7 Å². The Kier molecular flexibility index (Phi) is 2.83. The van der Waals surface area contributed by atoms with E-state index in [1.54, 1.807) is 0 Å². The van der Waals surface area contributed by atoms with E-state index in [0.717, 1.165) is 0 Å². The zero-order valence-electron chi connectivity index (χ0n) is 7.89. The van der Waals surface area contributed by atoms with Gasteiger partial charge in [-0.3, -0.25) is 4.90 Å². The molecule has 0 aliphatic carbocycles. The molecule has 0 unspecified atom stereocenters. The summed E-state index contributed by atoms with van der Waals surface area (Å²) in [5, 5.41) is 0. The van der Waals surface area contributed by atoms with E-state index in [1.807, 2.05) is 0 Å². The monoisotopic (exact) mass is 161 g/mol. The van der Waals surface area contributed by atoms with Gasteiger partial charge in [0, 0.05) is 5.54 Å². The van der Waals surface area contributed by atoms with E-state index in [-0.39, 0.29) is 10.4 Å². The van der Waals surface area contributed by atoms with E-state index in [4.69, 9.17) is 0 Å². The van der Waals surface area contributed by atoms with Crippen LogP contribution in [-0.4, -0.2) is 22.4 Å². The lowest BCUT2D eigenvalue weighted by Gasteiger charge is -2.41. The van der Waals surface area contributed by atoms with Crippen LogP contribution in [0.1, 0.15) is 34.6 Å². The molecule has 0 aliphatic heterocycles. The molecule has 0 bridgehead atoms. The molecule has 1 nitrogen and oxygen atoms in total. The van der Waals surface area contributed by atoms with E-state index < -0.39 is 0 Å². The minimum absolute atomic E-state index is 0.0295. The number of thiol groups is 1. The highest BCUT2D eigenvalue weighted by Gasteiger charge is 2.27. The lowest BCUT2D eigenvalue weighted by Crippen LogP contribution is -2.48. The molecule has 0 aromatic carbocycles. The van der Waals surface area contributed by atoms with Crippen LogP contribution in [0.15, 0.2) is 0 Å². The summed E-state index contributed by atoms with van der Waals surface area (Å²) in [5.41, 5.74) is 0.200. The zero-order valence-corrected chi connectivity index (χ0v) is 8.79. The standard InChI is InChI=1S/C8H19NS/c1-7(2,3)9(6)8(4,5)10/h10H,1-6H3. The Balaban J connectivity index is 4.23. The molecule has 0 radical (unpaired) electrons. The molecule has 2 heteroatoms. The summed E-state index contributed by atoms with van der Waals surface area (Å²) < 4.78 is 0. The average molecular weight is 161 g/mol. The van der Waals surface area contributed by atoms with Gasteiger partial charge >= 0.3 is 0 Å². The van der Waals surface area contributed by atoms with Gasteiger partial charge in [-0.15, -0.1) is 0 Å². The smallest absolute Gasteiger partial charge is 0.0585 e. The Morgan fingerprint density at radius 3 is 1.30 bits per heavy atom. The first-order valence-corrected chi connectivity index (χ1v) is 4.07. The van der Waals surface area contributed by atoms with Crippen LogP contribution in [0.3, 0.4) is 0 Å². The molecule has 0 N–H and O–H groups in total. The van der Waals surface area contributed by atoms with Crippen molar-refractivity contribution in [3.8, 4) is 0 Å². The van der Waals surface area contributed by atoms with E-state index in [9.17, 15) is 0 Å². The van der Waals surface area contributed by atoms with Crippen molar-refractivity contribution in [3.05, 3.63) is 0 Å². The molecular weight excluding hydrogens is 142 g/mol. The predicted molar refractivity (Wildman–Crippen MR) is 50.6 cm³/mol. The fourth-order valence-corrected chi connectivity index (χ4v) is 1.12. The summed E-state index contributed by atoms with van der Waals surface area (Å²) >= 11 is 4.47. The summed E-state index contributed by atoms with van der Waals surface area (Å²) in [6, 6.07) is 0. The molecule has 0 atom stereocenters. The molecule has 62 valence electrons. The van der Waals surface area contributed by atoms with Gasteiger partial charge in [0.05, 0.1) is 4.87 Å². The fourth-order valence-electron chi connectivity index (χ4n) is 0.821. The molecule has 0 saturated heterocycles. The van der Waals surface area contributed by atoms with Crippen LogP contribution in [-0.2, 0) is 0 Å². The van der Waals surface area contributed by atoms with Gasteiger partial charge in [0.2, 0.25) is 0 Å². The summed E-state index contributed by atoms with van der Waals surface area (Å²) in [4.78, 5) is 2.21. The van der Waals surface area contributed by atoms with Gasteiger partial charge in [0.25, 0.3) is 0 Å². The van der Waals surface area contributed by atoms with Gasteiger partial charge in [0.1, 0.15) is 0 Å². The molecule has 0 rings (SSSR count). The lowest BCUT2D eigenvalue weighted by molar-refractivity contribution is 0.117. The Morgan fingerprint density at radius 1 is 1.00 bits per heavy atom. The van der Waals surface area contributed by atoms with E-state index in [2.05, 4.69) is 59.2 Å². The number of nitrogens with zero attached hydrogens (tertiary/aromatic N) is 1. The topological polar surface area (TPSA) is 3.24 Å². The molecule has 0 aromatic heterocycles. The first kappa shape index (κ1) is 10.3. The SMILES string of the molecule is CN(C(C)(C)C)C(C)(C)S. The Labute approximate surface area is 70.2 Å². The van der Waals surface area contributed by atoms with Crippen molar-refractivity contribution in [2.75, 3.05) is 7.05 Å². The van der Waals surface area contributed by atoms with Crippen molar-refractivity contribution >= 4 is 12.6 Å². The Bertz CT molecular complexity index is 93.4.